The molecule has 0 N–H and O–H groups in total. The summed E-state index contributed by atoms with van der Waals surface area (Å²) in [5, 5.41) is 1.44. The van der Waals surface area contributed by atoms with Gasteiger partial charge in [0.15, 0.2) is 0 Å². The van der Waals surface area contributed by atoms with Gasteiger partial charge in [0.05, 0.1) is 11.6 Å². The summed E-state index contributed by atoms with van der Waals surface area (Å²) in [5.41, 5.74) is 2.48. The van der Waals surface area contributed by atoms with Crippen LogP contribution in [0.3, 0.4) is 0 Å². The molecule has 0 saturated heterocycles. The molecular formula is C17H18BrClO. The van der Waals surface area contributed by atoms with Crippen molar-refractivity contribution in [3.63, 3.8) is 0 Å². The zero-order chi connectivity index (χ0) is 14.2. The second-order valence-electron chi connectivity index (χ2n) is 4.65. The van der Waals surface area contributed by atoms with Crippen molar-refractivity contribution in [2.75, 3.05) is 6.61 Å². The van der Waals surface area contributed by atoms with Crippen LogP contribution in [0.4, 0.5) is 0 Å². The van der Waals surface area contributed by atoms with Gasteiger partial charge >= 0.3 is 0 Å². The summed E-state index contributed by atoms with van der Waals surface area (Å²) in [6.07, 6.45) is 3.25. The minimum atomic E-state index is 0.685. The van der Waals surface area contributed by atoms with Gasteiger partial charge in [0.25, 0.3) is 0 Å². The Morgan fingerprint density at radius 1 is 0.950 bits per heavy atom. The number of aryl methyl sites for hydroxylation is 1. The van der Waals surface area contributed by atoms with E-state index in [1.54, 1.807) is 0 Å². The number of hydrogen-bond donors (Lipinski definition) is 0. The average Bonchev–Trinajstić information content (AvgIpc) is 2.49. The summed E-state index contributed by atoms with van der Waals surface area (Å²) in [6.45, 7) is 0.705. The standard InChI is InChI=1S/C17H18BrClO/c18-13-15-10-6-11-16(19)17(15)20-12-5-4-9-14-7-2-1-3-8-14/h1-3,6-8,10-11H,4-5,9,12-13H2. The van der Waals surface area contributed by atoms with Gasteiger partial charge in [0.1, 0.15) is 5.75 Å². The fourth-order valence-corrected chi connectivity index (χ4v) is 2.76. The van der Waals surface area contributed by atoms with Crippen molar-refractivity contribution >= 4 is 27.5 Å². The van der Waals surface area contributed by atoms with Crippen molar-refractivity contribution in [2.24, 2.45) is 0 Å². The molecule has 3 heteroatoms. The number of alkyl halides is 1. The lowest BCUT2D eigenvalue weighted by atomic mass is 10.1. The van der Waals surface area contributed by atoms with Crippen LogP contribution in [-0.2, 0) is 11.8 Å². The molecule has 0 amide bonds. The molecule has 106 valence electrons. The Labute approximate surface area is 134 Å². The topological polar surface area (TPSA) is 9.23 Å². The second kappa shape index (κ2) is 8.33. The normalized spacial score (nSPS) is 10.5. The third kappa shape index (κ3) is 4.53. The SMILES string of the molecule is Clc1cccc(CBr)c1OCCCCc1ccccc1. The summed E-state index contributed by atoms with van der Waals surface area (Å²) >= 11 is 9.63. The van der Waals surface area contributed by atoms with E-state index in [-0.39, 0.29) is 0 Å². The van der Waals surface area contributed by atoms with E-state index in [1.807, 2.05) is 24.3 Å². The summed E-state index contributed by atoms with van der Waals surface area (Å²) < 4.78 is 5.83. The fraction of sp³-hybridized carbons (Fsp3) is 0.294. The van der Waals surface area contributed by atoms with Crippen molar-refractivity contribution < 1.29 is 4.74 Å². The molecule has 0 aromatic heterocycles. The molecule has 0 aliphatic heterocycles. The Morgan fingerprint density at radius 2 is 1.75 bits per heavy atom. The lowest BCUT2D eigenvalue weighted by Crippen LogP contribution is -2.01. The first-order valence-electron chi connectivity index (χ1n) is 6.81. The Hall–Kier alpha value is -0.990. The molecule has 0 atom stereocenters. The number of ether oxygens (including phenoxy) is 1. The Bertz CT molecular complexity index is 528. The first kappa shape index (κ1) is 15.4. The summed E-state index contributed by atoms with van der Waals surface area (Å²) in [4.78, 5) is 0. The summed E-state index contributed by atoms with van der Waals surface area (Å²) in [7, 11) is 0. The van der Waals surface area contributed by atoms with E-state index in [9.17, 15) is 0 Å². The Balaban J connectivity index is 1.76. The zero-order valence-corrected chi connectivity index (χ0v) is 13.7. The number of unbranched alkanes of at least 4 members (excludes halogenated alkanes) is 1. The van der Waals surface area contributed by atoms with Crippen molar-refractivity contribution in [3.8, 4) is 5.75 Å². The van der Waals surface area contributed by atoms with E-state index in [0.29, 0.717) is 11.6 Å². The Morgan fingerprint density at radius 3 is 2.50 bits per heavy atom. The van der Waals surface area contributed by atoms with Gasteiger partial charge in [-0.2, -0.15) is 0 Å². The van der Waals surface area contributed by atoms with Crippen LogP contribution in [0, 0.1) is 0 Å². The van der Waals surface area contributed by atoms with Crippen LogP contribution < -0.4 is 4.74 Å². The minimum Gasteiger partial charge on any atom is -0.492 e. The molecule has 0 radical (unpaired) electrons. The van der Waals surface area contributed by atoms with Crippen LogP contribution in [0.5, 0.6) is 5.75 Å². The quantitative estimate of drug-likeness (QED) is 0.462. The zero-order valence-electron chi connectivity index (χ0n) is 11.3. The monoisotopic (exact) mass is 352 g/mol. The first-order chi connectivity index (χ1) is 9.81. The van der Waals surface area contributed by atoms with Crippen molar-refractivity contribution in [1.82, 2.24) is 0 Å². The van der Waals surface area contributed by atoms with Gasteiger partial charge in [0.2, 0.25) is 0 Å². The molecule has 2 rings (SSSR count). The lowest BCUT2D eigenvalue weighted by molar-refractivity contribution is 0.305. The second-order valence-corrected chi connectivity index (χ2v) is 5.62. The molecule has 0 unspecified atom stereocenters. The van der Waals surface area contributed by atoms with Crippen LogP contribution in [0.1, 0.15) is 24.0 Å². The van der Waals surface area contributed by atoms with Gasteiger partial charge in [-0.25, -0.2) is 0 Å². The van der Waals surface area contributed by atoms with Crippen molar-refractivity contribution in [2.45, 2.75) is 24.6 Å². The third-order valence-electron chi connectivity index (χ3n) is 3.14. The van der Waals surface area contributed by atoms with Gasteiger partial charge in [-0.1, -0.05) is 70.0 Å². The van der Waals surface area contributed by atoms with E-state index in [4.69, 9.17) is 16.3 Å². The third-order valence-corrected chi connectivity index (χ3v) is 4.04. The fourth-order valence-electron chi connectivity index (χ4n) is 2.07. The molecule has 0 aliphatic rings. The Kier molecular flexibility index (Phi) is 6.41. The van der Waals surface area contributed by atoms with E-state index >= 15 is 0 Å². The number of para-hydroxylation sites is 1. The van der Waals surface area contributed by atoms with Gasteiger partial charge in [-0.3, -0.25) is 0 Å². The molecule has 0 heterocycles. The van der Waals surface area contributed by atoms with Gasteiger partial charge < -0.3 is 4.74 Å². The van der Waals surface area contributed by atoms with E-state index in [0.717, 1.165) is 35.9 Å². The number of rotatable bonds is 7. The first-order valence-corrected chi connectivity index (χ1v) is 8.31. The van der Waals surface area contributed by atoms with Crippen LogP contribution in [0.15, 0.2) is 48.5 Å². The van der Waals surface area contributed by atoms with Crippen LogP contribution in [0.2, 0.25) is 5.02 Å². The van der Waals surface area contributed by atoms with Crippen LogP contribution in [0.25, 0.3) is 0 Å². The summed E-state index contributed by atoms with van der Waals surface area (Å²) in [5.74, 6) is 0.811. The van der Waals surface area contributed by atoms with E-state index in [2.05, 4.69) is 40.2 Å². The predicted octanol–water partition coefficient (Wildman–Crippen LogP) is 5.64. The van der Waals surface area contributed by atoms with Crippen molar-refractivity contribution in [3.05, 3.63) is 64.7 Å². The molecule has 0 aliphatic carbocycles. The largest absolute Gasteiger partial charge is 0.492 e. The number of halogens is 2. The van der Waals surface area contributed by atoms with Crippen LogP contribution >= 0.6 is 27.5 Å². The minimum absolute atomic E-state index is 0.685. The van der Waals surface area contributed by atoms with Crippen LogP contribution in [-0.4, -0.2) is 6.61 Å². The molecule has 0 bridgehead atoms. The molecule has 0 spiro atoms. The highest BCUT2D eigenvalue weighted by Gasteiger charge is 2.06. The highest BCUT2D eigenvalue weighted by Crippen LogP contribution is 2.30. The maximum atomic E-state index is 6.17. The number of hydrogen-bond acceptors (Lipinski definition) is 1. The maximum absolute atomic E-state index is 6.17. The van der Waals surface area contributed by atoms with E-state index < -0.39 is 0 Å². The van der Waals surface area contributed by atoms with Gasteiger partial charge in [-0.05, 0) is 30.9 Å². The summed E-state index contributed by atoms with van der Waals surface area (Å²) in [6, 6.07) is 16.4. The van der Waals surface area contributed by atoms with Crippen molar-refractivity contribution in [1.29, 1.82) is 0 Å². The smallest absolute Gasteiger partial charge is 0.141 e. The number of benzene rings is 2. The molecule has 0 saturated carbocycles. The van der Waals surface area contributed by atoms with Gasteiger partial charge in [0, 0.05) is 10.9 Å². The molecule has 0 fully saturated rings. The highest BCUT2D eigenvalue weighted by atomic mass is 79.9. The molecule has 2 aromatic rings. The average molecular weight is 354 g/mol. The van der Waals surface area contributed by atoms with E-state index in [1.165, 1.54) is 5.56 Å². The van der Waals surface area contributed by atoms with Gasteiger partial charge in [-0.15, -0.1) is 0 Å². The molecular weight excluding hydrogens is 336 g/mol. The molecule has 20 heavy (non-hydrogen) atoms. The maximum Gasteiger partial charge on any atom is 0.141 e. The molecule has 1 nitrogen and oxygen atoms in total. The predicted molar refractivity (Wildman–Crippen MR) is 89.0 cm³/mol. The highest BCUT2D eigenvalue weighted by molar-refractivity contribution is 9.08. The molecule has 2 aromatic carbocycles. The lowest BCUT2D eigenvalue weighted by Gasteiger charge is -2.11.